The van der Waals surface area contributed by atoms with Crippen molar-refractivity contribution in [2.45, 2.75) is 19.1 Å². The van der Waals surface area contributed by atoms with Crippen LogP contribution in [0.4, 0.5) is 11.5 Å². The van der Waals surface area contributed by atoms with Gasteiger partial charge < -0.3 is 4.98 Å². The molecule has 0 radical (unpaired) electrons. The molecule has 0 aliphatic carbocycles. The molecule has 118 valence electrons. The van der Waals surface area contributed by atoms with Gasteiger partial charge >= 0.3 is 0 Å². The molecule has 0 aliphatic heterocycles. The lowest BCUT2D eigenvalue weighted by Gasteiger charge is -2.09. The Morgan fingerprint density at radius 3 is 2.59 bits per heavy atom. The molecule has 2 N–H and O–H groups in total. The first-order valence-electron chi connectivity index (χ1n) is 6.01. The molecule has 9 nitrogen and oxygen atoms in total. The molecule has 0 fully saturated rings. The van der Waals surface area contributed by atoms with Gasteiger partial charge in [-0.15, -0.1) is 0 Å². The second-order valence-corrected chi connectivity index (χ2v) is 7.33. The lowest BCUT2D eigenvalue weighted by Crippen LogP contribution is -2.27. The zero-order valence-electron chi connectivity index (χ0n) is 11.5. The van der Waals surface area contributed by atoms with Gasteiger partial charge in [-0.2, -0.15) is 0 Å². The highest BCUT2D eigenvalue weighted by Crippen LogP contribution is 2.28. The van der Waals surface area contributed by atoms with E-state index in [0.29, 0.717) is 0 Å². The number of nitro groups is 1. The van der Waals surface area contributed by atoms with Crippen LogP contribution in [0.25, 0.3) is 11.0 Å². The second-order valence-electron chi connectivity index (χ2n) is 4.69. The Morgan fingerprint density at radius 2 is 2.05 bits per heavy atom. The molecule has 22 heavy (non-hydrogen) atoms. The first-order chi connectivity index (χ1) is 10.1. The van der Waals surface area contributed by atoms with Crippen molar-refractivity contribution in [3.05, 3.63) is 37.6 Å². The molecule has 2 rings (SSSR count). The van der Waals surface area contributed by atoms with Crippen LogP contribution in [-0.2, 0) is 10.0 Å². The summed E-state index contributed by atoms with van der Waals surface area (Å²) in [5.41, 5.74) is -0.999. The summed E-state index contributed by atoms with van der Waals surface area (Å²) in [6.45, 7) is 2.88. The molecule has 1 aromatic carbocycles. The maximum atomic E-state index is 11.9. The quantitative estimate of drug-likeness (QED) is 0.638. The molecule has 0 bridgehead atoms. The number of H-pyrrole nitrogens is 1. The smallest absolute Gasteiger partial charge is 0.292 e. The van der Waals surface area contributed by atoms with Crippen LogP contribution in [0.15, 0.2) is 16.9 Å². The van der Waals surface area contributed by atoms with E-state index in [4.69, 9.17) is 11.6 Å². The highest BCUT2D eigenvalue weighted by molar-refractivity contribution is 7.93. The van der Waals surface area contributed by atoms with E-state index in [1.807, 2.05) is 0 Å². The van der Waals surface area contributed by atoms with Crippen molar-refractivity contribution < 1.29 is 13.3 Å². The first kappa shape index (κ1) is 16.2. The Bertz CT molecular complexity index is 922. The van der Waals surface area contributed by atoms with Crippen LogP contribution in [-0.4, -0.2) is 28.6 Å². The predicted molar refractivity (Wildman–Crippen MR) is 81.7 cm³/mol. The molecule has 0 unspecified atom stereocenters. The van der Waals surface area contributed by atoms with E-state index in [1.54, 1.807) is 0 Å². The normalized spacial score (nSPS) is 11.8. The van der Waals surface area contributed by atoms with Gasteiger partial charge in [0.05, 0.1) is 21.2 Å². The number of anilines is 1. The third kappa shape index (κ3) is 3.02. The molecule has 1 heterocycles. The van der Waals surface area contributed by atoms with E-state index in [-0.39, 0.29) is 21.7 Å². The zero-order chi connectivity index (χ0) is 16.7. The van der Waals surface area contributed by atoms with Gasteiger partial charge in [0.25, 0.3) is 11.2 Å². The zero-order valence-corrected chi connectivity index (χ0v) is 13.0. The SMILES string of the molecule is CC(C)S(=O)(=O)Nc1nc2cc(Cl)c([N+](=O)[O-])cc2[nH]c1=O. The van der Waals surface area contributed by atoms with Gasteiger partial charge in [0.2, 0.25) is 15.8 Å². The number of benzene rings is 1. The Morgan fingerprint density at radius 1 is 1.41 bits per heavy atom. The Hall–Kier alpha value is -2.20. The molecule has 0 amide bonds. The molecule has 11 heteroatoms. The van der Waals surface area contributed by atoms with Gasteiger partial charge in [-0.3, -0.25) is 19.6 Å². The molecule has 2 aromatic rings. The van der Waals surface area contributed by atoms with Crippen molar-refractivity contribution in [2.24, 2.45) is 0 Å². The van der Waals surface area contributed by atoms with Gasteiger partial charge in [-0.25, -0.2) is 13.4 Å². The minimum absolute atomic E-state index is 0.0774. The van der Waals surface area contributed by atoms with E-state index in [9.17, 15) is 23.3 Å². The number of fused-ring (bicyclic) bond motifs is 1. The van der Waals surface area contributed by atoms with Gasteiger partial charge in [-0.1, -0.05) is 11.6 Å². The summed E-state index contributed by atoms with van der Waals surface area (Å²) in [5.74, 6) is -0.425. The highest BCUT2D eigenvalue weighted by Gasteiger charge is 2.20. The van der Waals surface area contributed by atoms with Crippen LogP contribution in [0.3, 0.4) is 0 Å². The molecule has 1 aromatic heterocycles. The van der Waals surface area contributed by atoms with Crippen molar-refractivity contribution in [1.82, 2.24) is 9.97 Å². The molecule has 0 spiro atoms. The largest absolute Gasteiger partial charge is 0.317 e. The fourth-order valence-electron chi connectivity index (χ4n) is 1.56. The minimum atomic E-state index is -3.75. The number of rotatable bonds is 4. The third-order valence-electron chi connectivity index (χ3n) is 2.82. The summed E-state index contributed by atoms with van der Waals surface area (Å²) < 4.78 is 25.6. The highest BCUT2D eigenvalue weighted by atomic mass is 35.5. The Balaban J connectivity index is 2.62. The molecule has 0 saturated heterocycles. The topological polar surface area (TPSA) is 135 Å². The number of sulfonamides is 1. The summed E-state index contributed by atoms with van der Waals surface area (Å²) in [7, 11) is -3.75. The number of hydrogen-bond acceptors (Lipinski definition) is 6. The lowest BCUT2D eigenvalue weighted by atomic mass is 10.2. The van der Waals surface area contributed by atoms with Crippen molar-refractivity contribution >= 4 is 44.2 Å². The molecule has 0 saturated carbocycles. The van der Waals surface area contributed by atoms with E-state index in [0.717, 1.165) is 6.07 Å². The minimum Gasteiger partial charge on any atom is -0.317 e. The van der Waals surface area contributed by atoms with Crippen LogP contribution in [0.5, 0.6) is 0 Å². The summed E-state index contributed by atoms with van der Waals surface area (Å²) in [6.07, 6.45) is 0. The van der Waals surface area contributed by atoms with Gasteiger partial charge in [-0.05, 0) is 19.9 Å². The monoisotopic (exact) mass is 346 g/mol. The summed E-state index contributed by atoms with van der Waals surface area (Å²) >= 11 is 5.76. The van der Waals surface area contributed by atoms with Crippen molar-refractivity contribution in [3.63, 3.8) is 0 Å². The number of aromatic nitrogens is 2. The van der Waals surface area contributed by atoms with Crippen LogP contribution in [0.1, 0.15) is 13.8 Å². The lowest BCUT2D eigenvalue weighted by molar-refractivity contribution is -0.384. The average Bonchev–Trinajstić information content (AvgIpc) is 2.38. The van der Waals surface area contributed by atoms with Crippen LogP contribution < -0.4 is 10.3 Å². The van der Waals surface area contributed by atoms with Gasteiger partial charge in [0, 0.05) is 6.07 Å². The maximum Gasteiger partial charge on any atom is 0.292 e. The van der Waals surface area contributed by atoms with E-state index in [1.165, 1.54) is 19.9 Å². The number of nitro benzene ring substituents is 1. The van der Waals surface area contributed by atoms with E-state index >= 15 is 0 Å². The van der Waals surface area contributed by atoms with Gasteiger partial charge in [0.15, 0.2) is 0 Å². The number of nitrogens with zero attached hydrogens (tertiary/aromatic N) is 2. The van der Waals surface area contributed by atoms with Crippen LogP contribution >= 0.6 is 11.6 Å². The summed E-state index contributed by atoms with van der Waals surface area (Å²) in [4.78, 5) is 28.1. The number of hydrogen-bond donors (Lipinski definition) is 2. The van der Waals surface area contributed by atoms with Crippen molar-refractivity contribution in [1.29, 1.82) is 0 Å². The van der Waals surface area contributed by atoms with Gasteiger partial charge in [0.1, 0.15) is 5.02 Å². The predicted octanol–water partition coefficient (Wildman–Crippen LogP) is 1.63. The second kappa shape index (κ2) is 5.54. The number of halogens is 1. The molecule has 0 atom stereocenters. The maximum absolute atomic E-state index is 11.9. The molecular weight excluding hydrogens is 336 g/mol. The first-order valence-corrected chi connectivity index (χ1v) is 7.94. The molecular formula is C11H11ClN4O5S. The summed E-state index contributed by atoms with van der Waals surface area (Å²) in [6, 6.07) is 2.24. The fourth-order valence-corrected chi connectivity index (χ4v) is 2.43. The fraction of sp³-hybridized carbons (Fsp3) is 0.273. The number of nitrogens with one attached hydrogen (secondary N) is 2. The summed E-state index contributed by atoms with van der Waals surface area (Å²) in [5, 5.41) is 9.87. The average molecular weight is 347 g/mol. The van der Waals surface area contributed by atoms with Crippen molar-refractivity contribution in [3.8, 4) is 0 Å². The Kier molecular flexibility index (Phi) is 4.07. The standard InChI is InChI=1S/C11H11ClN4O5S/c1-5(2)22(20,21)15-10-11(17)14-8-4-9(16(18)19)6(12)3-7(8)13-10/h3-5H,1-2H3,(H,13,15)(H,14,17). The van der Waals surface area contributed by atoms with Crippen LogP contribution in [0, 0.1) is 10.1 Å². The van der Waals surface area contributed by atoms with E-state index < -0.39 is 31.6 Å². The molecule has 0 aliphatic rings. The van der Waals surface area contributed by atoms with Crippen molar-refractivity contribution in [2.75, 3.05) is 4.72 Å². The number of aromatic amines is 1. The Labute approximate surface area is 129 Å². The van der Waals surface area contributed by atoms with E-state index in [2.05, 4.69) is 14.7 Å². The third-order valence-corrected chi connectivity index (χ3v) is 4.84. The van der Waals surface area contributed by atoms with Crippen LogP contribution in [0.2, 0.25) is 5.02 Å².